The Morgan fingerprint density at radius 2 is 1.60 bits per heavy atom. The van der Waals surface area contributed by atoms with E-state index in [-0.39, 0.29) is 35.7 Å². The van der Waals surface area contributed by atoms with Gasteiger partial charge < -0.3 is 20.1 Å². The minimum atomic E-state index is -0.865. The Labute approximate surface area is 310 Å². The number of fused-ring (bicyclic) bond motifs is 2. The van der Waals surface area contributed by atoms with Gasteiger partial charge in [-0.1, -0.05) is 89.8 Å². The van der Waals surface area contributed by atoms with Crippen molar-refractivity contribution in [3.05, 3.63) is 88.4 Å². The lowest BCUT2D eigenvalue weighted by Crippen LogP contribution is -2.51. The molecule has 0 radical (unpaired) electrons. The number of ether oxygens (including phenoxy) is 1. The summed E-state index contributed by atoms with van der Waals surface area (Å²) in [5, 5.41) is 12.8. The van der Waals surface area contributed by atoms with Gasteiger partial charge in [-0.3, -0.25) is 14.4 Å². The smallest absolute Gasteiger partial charge is 0.308 e. The SMILES string of the molecule is CCCCCCCOc1ccc(-c2cnc(-c3ccc(C[C@H](NC(=O)c4ccc(C(C)(C)C)s4)C(=O)N4C5CCC4C(C(=O)O)C5)cc3)nc2)cc1. The van der Waals surface area contributed by atoms with E-state index < -0.39 is 17.9 Å². The Bertz CT molecular complexity index is 1830. The van der Waals surface area contributed by atoms with Gasteiger partial charge in [-0.2, -0.15) is 0 Å². The van der Waals surface area contributed by atoms with Crippen molar-refractivity contribution in [3.63, 3.8) is 0 Å². The van der Waals surface area contributed by atoms with Crippen LogP contribution in [0.2, 0.25) is 0 Å². The summed E-state index contributed by atoms with van der Waals surface area (Å²) in [6, 6.07) is 18.2. The number of rotatable bonds is 15. The molecule has 52 heavy (non-hydrogen) atoms. The first kappa shape index (κ1) is 37.2. The second kappa shape index (κ2) is 16.4. The van der Waals surface area contributed by atoms with Crippen molar-refractivity contribution in [2.45, 2.75) is 109 Å². The molecule has 3 unspecified atom stereocenters. The van der Waals surface area contributed by atoms with Crippen LogP contribution in [-0.2, 0) is 21.4 Å². The molecule has 9 nitrogen and oxygen atoms in total. The van der Waals surface area contributed by atoms with Gasteiger partial charge in [0.2, 0.25) is 5.91 Å². The highest BCUT2D eigenvalue weighted by molar-refractivity contribution is 7.14. The highest BCUT2D eigenvalue weighted by Gasteiger charge is 2.52. The van der Waals surface area contributed by atoms with Gasteiger partial charge in [-0.15, -0.1) is 11.3 Å². The van der Waals surface area contributed by atoms with Gasteiger partial charge in [-0.25, -0.2) is 9.97 Å². The summed E-state index contributed by atoms with van der Waals surface area (Å²) in [5.74, 6) is -0.512. The summed E-state index contributed by atoms with van der Waals surface area (Å²) < 4.78 is 5.91. The van der Waals surface area contributed by atoms with Gasteiger partial charge in [0.25, 0.3) is 5.91 Å². The zero-order valence-corrected chi connectivity index (χ0v) is 31.5. The molecule has 2 fully saturated rings. The lowest BCUT2D eigenvalue weighted by molar-refractivity contribution is -0.143. The number of unbranched alkanes of at least 4 members (excludes halogenated alkanes) is 4. The van der Waals surface area contributed by atoms with E-state index in [2.05, 4.69) is 43.0 Å². The minimum absolute atomic E-state index is 0.0987. The van der Waals surface area contributed by atoms with Crippen molar-refractivity contribution >= 4 is 29.1 Å². The topological polar surface area (TPSA) is 122 Å². The Morgan fingerprint density at radius 3 is 2.23 bits per heavy atom. The molecule has 2 aliphatic heterocycles. The summed E-state index contributed by atoms with van der Waals surface area (Å²) in [6.45, 7) is 9.25. The number of carbonyl (C=O) groups is 3. The van der Waals surface area contributed by atoms with Crippen molar-refractivity contribution in [2.75, 3.05) is 6.61 Å². The first-order valence-corrected chi connectivity index (χ1v) is 19.4. The van der Waals surface area contributed by atoms with Gasteiger partial charge >= 0.3 is 5.97 Å². The van der Waals surface area contributed by atoms with E-state index in [0.717, 1.165) is 52.3 Å². The number of aliphatic carboxylic acids is 1. The molecular weight excluding hydrogens is 673 g/mol. The standard InChI is InChI=1S/C42H50N4O5S/c1-5-6-7-8-9-22-51-32-17-14-28(15-18-32)30-25-43-38(44-26-30)29-12-10-27(11-13-29)23-34(45-39(47)36-20-21-37(52-36)42(2,3)4)40(48)46-31-16-19-35(46)33(24-31)41(49)50/h10-15,17-18,20-21,25-26,31,33-35H,5-9,16,19,22-24H2,1-4H3,(H,45,47)(H,49,50)/t31?,33?,34-,35?/m0/s1. The maximum absolute atomic E-state index is 14.2. The molecule has 0 spiro atoms. The van der Waals surface area contributed by atoms with Crippen molar-refractivity contribution in [3.8, 4) is 28.3 Å². The molecule has 2 aromatic carbocycles. The minimum Gasteiger partial charge on any atom is -0.494 e. The molecular formula is C42H50N4O5S. The summed E-state index contributed by atoms with van der Waals surface area (Å²) >= 11 is 1.43. The van der Waals surface area contributed by atoms with Gasteiger partial charge in [0, 0.05) is 46.9 Å². The first-order valence-electron chi connectivity index (χ1n) is 18.6. The van der Waals surface area contributed by atoms with E-state index in [1.54, 1.807) is 4.90 Å². The van der Waals surface area contributed by atoms with Gasteiger partial charge in [0.15, 0.2) is 5.82 Å². The Hall–Kier alpha value is -4.57. The zero-order valence-electron chi connectivity index (χ0n) is 30.6. The Balaban J connectivity index is 1.12. The molecule has 0 saturated carbocycles. The number of carboxylic acid groups (broad SMARTS) is 1. The summed E-state index contributed by atoms with van der Waals surface area (Å²) in [5.41, 5.74) is 3.52. The molecule has 2 amide bonds. The van der Waals surface area contributed by atoms with E-state index in [1.165, 1.54) is 37.0 Å². The lowest BCUT2D eigenvalue weighted by Gasteiger charge is -2.28. The number of aromatic nitrogens is 2. The molecule has 2 N–H and O–H groups in total. The fourth-order valence-corrected chi connectivity index (χ4v) is 8.33. The quantitative estimate of drug-likeness (QED) is 0.118. The molecule has 4 heterocycles. The van der Waals surface area contributed by atoms with Crippen LogP contribution in [0, 0.1) is 5.92 Å². The van der Waals surface area contributed by atoms with E-state index in [4.69, 9.17) is 4.74 Å². The molecule has 2 saturated heterocycles. The molecule has 2 aliphatic rings. The average molecular weight is 723 g/mol. The van der Waals surface area contributed by atoms with E-state index in [9.17, 15) is 19.5 Å². The number of carboxylic acids is 1. The second-order valence-electron chi connectivity index (χ2n) is 15.1. The second-order valence-corrected chi connectivity index (χ2v) is 16.2. The van der Waals surface area contributed by atoms with Crippen LogP contribution in [-0.4, -0.2) is 62.5 Å². The van der Waals surface area contributed by atoms with Crippen LogP contribution in [0.4, 0.5) is 0 Å². The highest BCUT2D eigenvalue weighted by atomic mass is 32.1. The number of amides is 2. The van der Waals surface area contributed by atoms with Crippen molar-refractivity contribution < 1.29 is 24.2 Å². The van der Waals surface area contributed by atoms with Crippen LogP contribution in [0.3, 0.4) is 0 Å². The molecule has 0 aliphatic carbocycles. The Kier molecular flexibility index (Phi) is 11.7. The fourth-order valence-electron chi connectivity index (χ4n) is 7.36. The van der Waals surface area contributed by atoms with Crippen LogP contribution in [0.1, 0.15) is 99.2 Å². The summed E-state index contributed by atoms with van der Waals surface area (Å²) in [7, 11) is 0. The van der Waals surface area contributed by atoms with Crippen molar-refractivity contribution in [2.24, 2.45) is 5.92 Å². The number of benzene rings is 2. The van der Waals surface area contributed by atoms with Crippen molar-refractivity contribution in [1.82, 2.24) is 20.2 Å². The van der Waals surface area contributed by atoms with Gasteiger partial charge in [0.05, 0.1) is 17.4 Å². The molecule has 274 valence electrons. The molecule has 4 aromatic rings. The van der Waals surface area contributed by atoms with Gasteiger partial charge in [0.1, 0.15) is 11.8 Å². The lowest BCUT2D eigenvalue weighted by atomic mass is 9.89. The largest absolute Gasteiger partial charge is 0.494 e. The van der Waals surface area contributed by atoms with Crippen LogP contribution < -0.4 is 10.1 Å². The molecule has 10 heteroatoms. The predicted molar refractivity (Wildman–Crippen MR) is 205 cm³/mol. The molecule has 6 rings (SSSR count). The number of thiophene rings is 1. The normalized spacial score (nSPS) is 18.7. The van der Waals surface area contributed by atoms with Gasteiger partial charge in [-0.05, 0) is 66.5 Å². The maximum Gasteiger partial charge on any atom is 0.308 e. The maximum atomic E-state index is 14.2. The van der Waals surface area contributed by atoms with Crippen LogP contribution >= 0.6 is 11.3 Å². The first-order chi connectivity index (χ1) is 25.0. The fraction of sp³-hybridized carbons (Fsp3) is 0.452. The molecule has 2 aromatic heterocycles. The molecule has 2 bridgehead atoms. The van der Waals surface area contributed by atoms with Crippen LogP contribution in [0.5, 0.6) is 5.75 Å². The summed E-state index contributed by atoms with van der Waals surface area (Å²) in [6.07, 6.45) is 11.8. The summed E-state index contributed by atoms with van der Waals surface area (Å²) in [4.78, 5) is 52.3. The van der Waals surface area contributed by atoms with E-state index in [1.807, 2.05) is 73.1 Å². The van der Waals surface area contributed by atoms with Crippen LogP contribution in [0.25, 0.3) is 22.5 Å². The van der Waals surface area contributed by atoms with E-state index >= 15 is 0 Å². The third-order valence-electron chi connectivity index (χ3n) is 10.3. The third kappa shape index (κ3) is 8.72. The number of nitrogens with one attached hydrogen (secondary N) is 1. The zero-order chi connectivity index (χ0) is 36.8. The average Bonchev–Trinajstić information content (AvgIpc) is 3.89. The predicted octanol–water partition coefficient (Wildman–Crippen LogP) is 8.32. The third-order valence-corrected chi connectivity index (χ3v) is 11.8. The van der Waals surface area contributed by atoms with Crippen LogP contribution in [0.15, 0.2) is 73.1 Å². The number of hydrogen-bond donors (Lipinski definition) is 2. The van der Waals surface area contributed by atoms with Crippen molar-refractivity contribution in [1.29, 1.82) is 0 Å². The number of nitrogens with zero attached hydrogens (tertiary/aromatic N) is 3. The highest BCUT2D eigenvalue weighted by Crippen LogP contribution is 2.42. The monoisotopic (exact) mass is 722 g/mol. The van der Waals surface area contributed by atoms with E-state index in [0.29, 0.717) is 23.5 Å². The molecule has 4 atom stereocenters. The Morgan fingerprint density at radius 1 is 0.904 bits per heavy atom. The number of carbonyl (C=O) groups excluding carboxylic acids is 2. The number of hydrogen-bond acceptors (Lipinski definition) is 7.